The van der Waals surface area contributed by atoms with Crippen LogP contribution in [0.15, 0.2) is 24.3 Å². The quantitative estimate of drug-likeness (QED) is 0.728. The van der Waals surface area contributed by atoms with Crippen LogP contribution in [-0.2, 0) is 16.0 Å². The van der Waals surface area contributed by atoms with Gasteiger partial charge in [-0.1, -0.05) is 25.1 Å². The molecule has 0 heterocycles. The molecule has 0 aliphatic heterocycles. The minimum absolute atomic E-state index is 0.123. The molecule has 0 radical (unpaired) electrons. The summed E-state index contributed by atoms with van der Waals surface area (Å²) in [4.78, 5) is 23.0. The maximum absolute atomic E-state index is 12.2. The molecule has 1 amide bonds. The molecule has 5 heteroatoms. The number of rotatable bonds is 6. The lowest BCUT2D eigenvalue weighted by Crippen LogP contribution is -2.39. The van der Waals surface area contributed by atoms with Crippen molar-refractivity contribution in [3.05, 3.63) is 29.8 Å². The Morgan fingerprint density at radius 2 is 2.00 bits per heavy atom. The number of hydrogen-bond acceptors (Lipinski definition) is 3. The zero-order valence-electron chi connectivity index (χ0n) is 11.3. The number of hydrogen-bond donors (Lipinski definition) is 3. The van der Waals surface area contributed by atoms with E-state index in [2.05, 4.69) is 5.32 Å². The summed E-state index contributed by atoms with van der Waals surface area (Å²) in [5.41, 5.74) is 6.11. The normalized spacial score (nSPS) is 13.6. The molecule has 1 atom stereocenters. The maximum Gasteiger partial charge on any atom is 0.307 e. The zero-order valence-corrected chi connectivity index (χ0v) is 11.3. The van der Waals surface area contributed by atoms with Gasteiger partial charge in [0, 0.05) is 12.2 Å². The maximum atomic E-state index is 12.2. The second-order valence-corrected chi connectivity index (χ2v) is 4.80. The van der Waals surface area contributed by atoms with Gasteiger partial charge in [-0.25, -0.2) is 0 Å². The lowest BCUT2D eigenvalue weighted by atomic mass is 9.86. The van der Waals surface area contributed by atoms with Gasteiger partial charge in [0.15, 0.2) is 0 Å². The monoisotopic (exact) mass is 264 g/mol. The van der Waals surface area contributed by atoms with Gasteiger partial charge in [-0.05, 0) is 25.0 Å². The van der Waals surface area contributed by atoms with Gasteiger partial charge in [0.2, 0.25) is 5.91 Å². The highest BCUT2D eigenvalue weighted by Crippen LogP contribution is 2.23. The number of carbonyl (C=O) groups excluding carboxylic acids is 1. The van der Waals surface area contributed by atoms with Crippen LogP contribution in [0.5, 0.6) is 0 Å². The van der Waals surface area contributed by atoms with Gasteiger partial charge in [0.1, 0.15) is 0 Å². The van der Waals surface area contributed by atoms with Crippen molar-refractivity contribution in [3.63, 3.8) is 0 Å². The average Bonchev–Trinajstić information content (AvgIpc) is 2.39. The van der Waals surface area contributed by atoms with Gasteiger partial charge < -0.3 is 16.2 Å². The molecule has 0 fully saturated rings. The summed E-state index contributed by atoms with van der Waals surface area (Å²) in [7, 11) is 0. The van der Waals surface area contributed by atoms with Crippen LogP contribution in [0, 0.1) is 5.41 Å². The molecule has 19 heavy (non-hydrogen) atoms. The van der Waals surface area contributed by atoms with Crippen molar-refractivity contribution < 1.29 is 14.7 Å². The highest BCUT2D eigenvalue weighted by Gasteiger charge is 2.30. The Kier molecular flexibility index (Phi) is 5.06. The molecule has 1 aromatic rings. The Balaban J connectivity index is 2.93. The number of aliphatic carboxylic acids is 1. The first kappa shape index (κ1) is 15.2. The van der Waals surface area contributed by atoms with E-state index in [1.54, 1.807) is 31.2 Å². The summed E-state index contributed by atoms with van der Waals surface area (Å²) < 4.78 is 0. The first-order chi connectivity index (χ1) is 8.92. The predicted octanol–water partition coefficient (Wildman–Crippen LogP) is 1.63. The number of amides is 1. The van der Waals surface area contributed by atoms with E-state index in [4.69, 9.17) is 10.8 Å². The molecular weight excluding hydrogens is 244 g/mol. The highest BCUT2D eigenvalue weighted by molar-refractivity contribution is 5.96. The molecule has 1 aromatic carbocycles. The SMILES string of the molecule is CCC(C)(CN)C(=O)Nc1ccccc1CC(=O)O. The van der Waals surface area contributed by atoms with Crippen molar-refractivity contribution in [2.24, 2.45) is 11.1 Å². The van der Waals surface area contributed by atoms with E-state index >= 15 is 0 Å². The standard InChI is InChI=1S/C14H20N2O3/c1-3-14(2,9-15)13(19)16-11-7-5-4-6-10(11)8-12(17)18/h4-7H,3,8-9,15H2,1-2H3,(H,16,19)(H,17,18). The molecule has 0 aliphatic carbocycles. The molecule has 5 nitrogen and oxygen atoms in total. The third-order valence-electron chi connectivity index (χ3n) is 3.39. The Labute approximate surface area is 112 Å². The third-order valence-corrected chi connectivity index (χ3v) is 3.39. The summed E-state index contributed by atoms with van der Waals surface area (Å²) in [6.45, 7) is 3.94. The van der Waals surface area contributed by atoms with E-state index in [0.717, 1.165) is 0 Å². The van der Waals surface area contributed by atoms with Crippen LogP contribution in [0.1, 0.15) is 25.8 Å². The average molecular weight is 264 g/mol. The summed E-state index contributed by atoms with van der Waals surface area (Å²) in [6, 6.07) is 6.89. The van der Waals surface area contributed by atoms with Crippen LogP contribution in [0.2, 0.25) is 0 Å². The second kappa shape index (κ2) is 6.33. The van der Waals surface area contributed by atoms with E-state index in [1.807, 2.05) is 6.92 Å². The molecule has 0 saturated carbocycles. The van der Waals surface area contributed by atoms with Crippen molar-refractivity contribution >= 4 is 17.6 Å². The van der Waals surface area contributed by atoms with E-state index in [1.165, 1.54) is 0 Å². The zero-order chi connectivity index (χ0) is 14.5. The number of carboxylic acids is 1. The predicted molar refractivity (Wildman–Crippen MR) is 73.9 cm³/mol. The number of benzene rings is 1. The molecular formula is C14H20N2O3. The lowest BCUT2D eigenvalue weighted by Gasteiger charge is -2.25. The second-order valence-electron chi connectivity index (χ2n) is 4.80. The summed E-state index contributed by atoms with van der Waals surface area (Å²) in [5.74, 6) is -1.12. The van der Waals surface area contributed by atoms with Crippen molar-refractivity contribution in [1.29, 1.82) is 0 Å². The van der Waals surface area contributed by atoms with E-state index in [0.29, 0.717) is 17.7 Å². The third kappa shape index (κ3) is 3.79. The fourth-order valence-corrected chi connectivity index (χ4v) is 1.63. The first-order valence-electron chi connectivity index (χ1n) is 6.24. The molecule has 0 spiro atoms. The van der Waals surface area contributed by atoms with Crippen molar-refractivity contribution in [2.45, 2.75) is 26.7 Å². The van der Waals surface area contributed by atoms with E-state index < -0.39 is 11.4 Å². The minimum atomic E-state index is -0.932. The molecule has 0 bridgehead atoms. The Bertz CT molecular complexity index is 468. The molecule has 0 saturated heterocycles. The number of para-hydroxylation sites is 1. The van der Waals surface area contributed by atoms with Gasteiger partial charge in [-0.3, -0.25) is 9.59 Å². The fourth-order valence-electron chi connectivity index (χ4n) is 1.63. The van der Waals surface area contributed by atoms with Gasteiger partial charge in [-0.15, -0.1) is 0 Å². The van der Waals surface area contributed by atoms with Crippen LogP contribution in [0.25, 0.3) is 0 Å². The van der Waals surface area contributed by atoms with Crippen molar-refractivity contribution in [3.8, 4) is 0 Å². The number of carboxylic acid groups (broad SMARTS) is 1. The van der Waals surface area contributed by atoms with Crippen LogP contribution in [-0.4, -0.2) is 23.5 Å². The fraction of sp³-hybridized carbons (Fsp3) is 0.429. The number of anilines is 1. The summed E-state index contributed by atoms with van der Waals surface area (Å²) in [6.07, 6.45) is 0.498. The molecule has 4 N–H and O–H groups in total. The van der Waals surface area contributed by atoms with Gasteiger partial charge >= 0.3 is 5.97 Å². The topological polar surface area (TPSA) is 92.4 Å². The Morgan fingerprint density at radius 1 is 1.37 bits per heavy atom. The molecule has 0 aromatic heterocycles. The molecule has 0 aliphatic rings. The summed E-state index contributed by atoms with van der Waals surface area (Å²) in [5, 5.41) is 11.6. The van der Waals surface area contributed by atoms with Crippen LogP contribution >= 0.6 is 0 Å². The first-order valence-corrected chi connectivity index (χ1v) is 6.24. The minimum Gasteiger partial charge on any atom is -0.481 e. The molecule has 104 valence electrons. The van der Waals surface area contributed by atoms with Gasteiger partial charge in [0.25, 0.3) is 0 Å². The van der Waals surface area contributed by atoms with Crippen molar-refractivity contribution in [2.75, 3.05) is 11.9 Å². The Hall–Kier alpha value is -1.88. The molecule has 1 rings (SSSR count). The summed E-state index contributed by atoms with van der Waals surface area (Å²) >= 11 is 0. The number of nitrogens with two attached hydrogens (primary N) is 1. The van der Waals surface area contributed by atoms with Crippen molar-refractivity contribution in [1.82, 2.24) is 0 Å². The Morgan fingerprint density at radius 3 is 2.53 bits per heavy atom. The number of carbonyl (C=O) groups is 2. The van der Waals surface area contributed by atoms with Crippen LogP contribution in [0.4, 0.5) is 5.69 Å². The van der Waals surface area contributed by atoms with E-state index in [-0.39, 0.29) is 18.9 Å². The molecule has 1 unspecified atom stereocenters. The smallest absolute Gasteiger partial charge is 0.307 e. The van der Waals surface area contributed by atoms with E-state index in [9.17, 15) is 9.59 Å². The van der Waals surface area contributed by atoms with Crippen LogP contribution < -0.4 is 11.1 Å². The van der Waals surface area contributed by atoms with Gasteiger partial charge in [-0.2, -0.15) is 0 Å². The number of nitrogens with one attached hydrogen (secondary N) is 1. The van der Waals surface area contributed by atoms with Gasteiger partial charge in [0.05, 0.1) is 11.8 Å². The highest BCUT2D eigenvalue weighted by atomic mass is 16.4. The van der Waals surface area contributed by atoms with Crippen LogP contribution in [0.3, 0.4) is 0 Å². The lowest BCUT2D eigenvalue weighted by molar-refractivity contribution is -0.136. The largest absolute Gasteiger partial charge is 0.481 e.